The number of furan rings is 1. The molecular formula is C15H20N2O6S. The molecule has 2 N–H and O–H groups in total. The number of sulfonamides is 1. The number of amides is 1. The van der Waals surface area contributed by atoms with Gasteiger partial charge in [0.2, 0.25) is 5.09 Å². The van der Waals surface area contributed by atoms with Crippen LogP contribution in [0.5, 0.6) is 0 Å². The fourth-order valence-corrected chi connectivity index (χ4v) is 4.43. The van der Waals surface area contributed by atoms with Crippen molar-refractivity contribution < 1.29 is 27.5 Å². The first-order valence-electron chi connectivity index (χ1n) is 7.94. The number of hydrogen-bond donors (Lipinski definition) is 2. The van der Waals surface area contributed by atoms with Gasteiger partial charge in [0.05, 0.1) is 0 Å². The van der Waals surface area contributed by atoms with Crippen molar-refractivity contribution in [2.45, 2.75) is 49.3 Å². The van der Waals surface area contributed by atoms with Crippen LogP contribution in [0.4, 0.5) is 0 Å². The topological polar surface area (TPSA) is 117 Å². The van der Waals surface area contributed by atoms with Gasteiger partial charge in [0.1, 0.15) is 6.04 Å². The minimum absolute atomic E-state index is 0.123. The number of carboxylic acids is 1. The molecule has 1 aliphatic carbocycles. The minimum atomic E-state index is -3.79. The van der Waals surface area contributed by atoms with Crippen LogP contribution in [0.2, 0.25) is 0 Å². The molecule has 1 aromatic heterocycles. The van der Waals surface area contributed by atoms with E-state index < -0.39 is 27.9 Å². The average Bonchev–Trinajstić information content (AvgIpc) is 3.19. The maximum absolute atomic E-state index is 12.8. The molecule has 1 amide bonds. The predicted molar refractivity (Wildman–Crippen MR) is 82.9 cm³/mol. The van der Waals surface area contributed by atoms with E-state index in [2.05, 4.69) is 4.72 Å². The Morgan fingerprint density at radius 3 is 2.67 bits per heavy atom. The van der Waals surface area contributed by atoms with Gasteiger partial charge < -0.3 is 14.4 Å². The summed E-state index contributed by atoms with van der Waals surface area (Å²) in [5.74, 6) is -1.57. The number of carbonyl (C=O) groups excluding carboxylic acids is 1. The lowest BCUT2D eigenvalue weighted by atomic mass is 9.84. The highest BCUT2D eigenvalue weighted by Crippen LogP contribution is 2.40. The third-order valence-corrected chi connectivity index (χ3v) is 6.22. The smallest absolute Gasteiger partial charge is 0.326 e. The van der Waals surface area contributed by atoms with Gasteiger partial charge in [-0.3, -0.25) is 4.79 Å². The van der Waals surface area contributed by atoms with Crippen LogP contribution in [-0.2, 0) is 14.8 Å². The largest absolute Gasteiger partial charge is 0.480 e. The van der Waals surface area contributed by atoms with Crippen molar-refractivity contribution in [2.75, 3.05) is 7.05 Å². The second-order valence-electron chi connectivity index (χ2n) is 6.24. The number of carbonyl (C=O) groups is 2. The molecule has 1 aliphatic heterocycles. The van der Waals surface area contributed by atoms with Crippen molar-refractivity contribution >= 4 is 21.9 Å². The molecule has 132 valence electrons. The van der Waals surface area contributed by atoms with Crippen LogP contribution >= 0.6 is 0 Å². The van der Waals surface area contributed by atoms with Crippen LogP contribution in [0.1, 0.15) is 42.7 Å². The molecule has 3 atom stereocenters. The molecule has 0 spiro atoms. The van der Waals surface area contributed by atoms with Gasteiger partial charge in [-0.15, -0.1) is 0 Å². The van der Waals surface area contributed by atoms with Crippen molar-refractivity contribution in [3.8, 4) is 0 Å². The Morgan fingerprint density at radius 2 is 2.00 bits per heavy atom. The predicted octanol–water partition coefficient (Wildman–Crippen LogP) is 1.05. The lowest BCUT2D eigenvalue weighted by Gasteiger charge is -2.32. The van der Waals surface area contributed by atoms with E-state index in [-0.39, 0.29) is 22.8 Å². The van der Waals surface area contributed by atoms with Crippen molar-refractivity contribution in [1.82, 2.24) is 9.62 Å². The second kappa shape index (κ2) is 6.21. The number of nitrogens with one attached hydrogen (secondary N) is 1. The lowest BCUT2D eigenvalue weighted by molar-refractivity contribution is -0.141. The molecule has 1 saturated heterocycles. The van der Waals surface area contributed by atoms with E-state index >= 15 is 0 Å². The lowest BCUT2D eigenvalue weighted by Crippen LogP contribution is -2.46. The Balaban J connectivity index is 1.91. The van der Waals surface area contributed by atoms with Crippen molar-refractivity contribution in [2.24, 2.45) is 5.92 Å². The summed E-state index contributed by atoms with van der Waals surface area (Å²) >= 11 is 0. The van der Waals surface area contributed by atoms with Gasteiger partial charge in [-0.05, 0) is 44.4 Å². The highest BCUT2D eigenvalue weighted by atomic mass is 32.2. The normalized spacial score (nSPS) is 27.0. The summed E-state index contributed by atoms with van der Waals surface area (Å²) < 4.78 is 30.8. The number of carboxylic acid groups (broad SMARTS) is 1. The molecule has 2 aliphatic rings. The van der Waals surface area contributed by atoms with E-state index in [0.29, 0.717) is 6.42 Å². The molecule has 2 fully saturated rings. The maximum Gasteiger partial charge on any atom is 0.326 e. The average molecular weight is 356 g/mol. The van der Waals surface area contributed by atoms with Gasteiger partial charge in [-0.25, -0.2) is 17.9 Å². The summed E-state index contributed by atoms with van der Waals surface area (Å²) in [6.45, 7) is 0. The Hall–Kier alpha value is -1.87. The second-order valence-corrected chi connectivity index (χ2v) is 8.06. The molecular weight excluding hydrogens is 336 g/mol. The van der Waals surface area contributed by atoms with Crippen molar-refractivity contribution in [3.63, 3.8) is 0 Å². The zero-order valence-electron chi connectivity index (χ0n) is 13.3. The van der Waals surface area contributed by atoms with Crippen LogP contribution in [0.25, 0.3) is 0 Å². The van der Waals surface area contributed by atoms with E-state index in [1.165, 1.54) is 24.1 Å². The number of aliphatic carboxylic acids is 1. The van der Waals surface area contributed by atoms with E-state index in [4.69, 9.17) is 4.42 Å². The maximum atomic E-state index is 12.8. The SMILES string of the molecule is CNS(=O)(=O)c1ccc(C(=O)N2C(C(=O)O)CC3CCCCC32)o1. The fraction of sp³-hybridized carbons (Fsp3) is 0.600. The van der Waals surface area contributed by atoms with Gasteiger partial charge in [-0.1, -0.05) is 12.8 Å². The van der Waals surface area contributed by atoms with E-state index in [1.54, 1.807) is 0 Å². The standard InChI is InChI=1S/C15H20N2O6S/c1-16-24(21,22)13-7-6-12(23-13)14(18)17-10-5-3-2-4-9(10)8-11(17)15(19)20/h6-7,9-11,16H,2-5,8H2,1H3,(H,19,20). The summed E-state index contributed by atoms with van der Waals surface area (Å²) in [6, 6.07) is 1.46. The minimum Gasteiger partial charge on any atom is -0.480 e. The number of fused-ring (bicyclic) bond motifs is 1. The fourth-order valence-electron chi connectivity index (χ4n) is 3.78. The van der Waals surface area contributed by atoms with Crippen LogP contribution in [0.3, 0.4) is 0 Å². The van der Waals surface area contributed by atoms with Crippen LogP contribution in [0, 0.1) is 5.92 Å². The first kappa shape index (κ1) is 17.0. The van der Waals surface area contributed by atoms with Gasteiger partial charge >= 0.3 is 5.97 Å². The van der Waals surface area contributed by atoms with E-state index in [0.717, 1.165) is 25.7 Å². The van der Waals surface area contributed by atoms with Crippen LogP contribution in [-0.4, -0.2) is 49.4 Å². The molecule has 24 heavy (non-hydrogen) atoms. The van der Waals surface area contributed by atoms with Gasteiger partial charge in [-0.2, -0.15) is 0 Å². The molecule has 3 rings (SSSR count). The molecule has 3 unspecified atom stereocenters. The van der Waals surface area contributed by atoms with Crippen molar-refractivity contribution in [1.29, 1.82) is 0 Å². The summed E-state index contributed by atoms with van der Waals surface area (Å²) in [5, 5.41) is 9.11. The van der Waals surface area contributed by atoms with Gasteiger partial charge in [0.25, 0.3) is 15.9 Å². The number of likely N-dealkylation sites (tertiary alicyclic amines) is 1. The van der Waals surface area contributed by atoms with Gasteiger partial charge in [0.15, 0.2) is 5.76 Å². The highest BCUT2D eigenvalue weighted by Gasteiger charge is 2.48. The molecule has 1 aromatic rings. The molecule has 0 radical (unpaired) electrons. The molecule has 0 aromatic carbocycles. The number of rotatable bonds is 4. The van der Waals surface area contributed by atoms with E-state index in [9.17, 15) is 23.1 Å². The Morgan fingerprint density at radius 1 is 1.29 bits per heavy atom. The van der Waals surface area contributed by atoms with Crippen LogP contribution < -0.4 is 4.72 Å². The zero-order valence-corrected chi connectivity index (χ0v) is 14.1. The van der Waals surface area contributed by atoms with Crippen LogP contribution in [0.15, 0.2) is 21.6 Å². The van der Waals surface area contributed by atoms with Crippen molar-refractivity contribution in [3.05, 3.63) is 17.9 Å². The monoisotopic (exact) mass is 356 g/mol. The third kappa shape index (κ3) is 2.82. The zero-order chi connectivity index (χ0) is 17.5. The molecule has 0 bridgehead atoms. The summed E-state index contributed by atoms with van der Waals surface area (Å²) in [7, 11) is -2.55. The first-order valence-corrected chi connectivity index (χ1v) is 9.42. The highest BCUT2D eigenvalue weighted by molar-refractivity contribution is 7.89. The summed E-state index contributed by atoms with van der Waals surface area (Å²) in [6.07, 6.45) is 4.11. The quantitative estimate of drug-likeness (QED) is 0.833. The molecule has 9 heteroatoms. The molecule has 2 heterocycles. The Bertz CT molecular complexity index is 756. The Kier molecular flexibility index (Phi) is 4.39. The molecule has 8 nitrogen and oxygen atoms in total. The summed E-state index contributed by atoms with van der Waals surface area (Å²) in [4.78, 5) is 25.7. The first-order chi connectivity index (χ1) is 11.3. The number of hydrogen-bond acceptors (Lipinski definition) is 5. The summed E-state index contributed by atoms with van der Waals surface area (Å²) in [5.41, 5.74) is 0. The van der Waals surface area contributed by atoms with Gasteiger partial charge in [0, 0.05) is 6.04 Å². The Labute approximate surface area is 139 Å². The van der Waals surface area contributed by atoms with E-state index in [1.807, 2.05) is 0 Å². The third-order valence-electron chi connectivity index (χ3n) is 4.93. The molecule has 1 saturated carbocycles. The number of nitrogens with zero attached hydrogens (tertiary/aromatic N) is 1.